The molecule has 2 aliphatic rings. The maximum Gasteiger partial charge on any atom is 0.0630 e. The zero-order chi connectivity index (χ0) is 11.8. The van der Waals surface area contributed by atoms with Crippen molar-refractivity contribution >= 4 is 0 Å². The van der Waals surface area contributed by atoms with E-state index < -0.39 is 0 Å². The van der Waals surface area contributed by atoms with Gasteiger partial charge in [0.25, 0.3) is 0 Å². The summed E-state index contributed by atoms with van der Waals surface area (Å²) in [5.74, 6) is 0.720. The highest BCUT2D eigenvalue weighted by Gasteiger charge is 2.48. The molecule has 0 saturated heterocycles. The molecule has 0 aromatic rings. The molecular weight excluding hydrogens is 194 g/mol. The summed E-state index contributed by atoms with van der Waals surface area (Å²) in [6.45, 7) is 7.03. The molecule has 2 rings (SSSR count). The smallest absolute Gasteiger partial charge is 0.0630 e. The van der Waals surface area contributed by atoms with Gasteiger partial charge in [0.05, 0.1) is 6.07 Å². The number of nitriles is 1. The molecule has 1 fully saturated rings. The molecule has 0 N–H and O–H groups in total. The second kappa shape index (κ2) is 3.91. The summed E-state index contributed by atoms with van der Waals surface area (Å²) in [6, 6.07) is 2.44. The predicted molar refractivity (Wildman–Crippen MR) is 66.8 cm³/mol. The van der Waals surface area contributed by atoms with Crippen molar-refractivity contribution in [1.29, 1.82) is 5.26 Å². The molecule has 0 aliphatic heterocycles. The first-order chi connectivity index (χ1) is 7.50. The van der Waals surface area contributed by atoms with E-state index in [4.69, 9.17) is 5.26 Å². The normalized spacial score (nSPS) is 37.1. The van der Waals surface area contributed by atoms with E-state index in [9.17, 15) is 0 Å². The van der Waals surface area contributed by atoms with Crippen LogP contribution in [0.25, 0.3) is 0 Å². The Morgan fingerprint density at radius 2 is 2.19 bits per heavy atom. The van der Waals surface area contributed by atoms with Crippen LogP contribution in [-0.2, 0) is 0 Å². The van der Waals surface area contributed by atoms with Crippen LogP contribution in [0.2, 0.25) is 0 Å². The predicted octanol–water partition coefficient (Wildman–Crippen LogP) is 4.45. The Labute approximate surface area is 99.5 Å². The van der Waals surface area contributed by atoms with Gasteiger partial charge in [-0.15, -0.1) is 0 Å². The minimum Gasteiger partial charge on any atom is -0.198 e. The molecule has 1 heteroatoms. The van der Waals surface area contributed by atoms with Crippen molar-refractivity contribution in [3.8, 4) is 6.07 Å². The Bertz CT molecular complexity index is 345. The van der Waals surface area contributed by atoms with Gasteiger partial charge in [-0.25, -0.2) is 0 Å². The second-order valence-corrected chi connectivity index (χ2v) is 6.49. The summed E-state index contributed by atoms with van der Waals surface area (Å²) in [5, 5.41) is 9.13. The van der Waals surface area contributed by atoms with Gasteiger partial charge in [-0.1, -0.05) is 31.9 Å². The van der Waals surface area contributed by atoms with Gasteiger partial charge in [0.1, 0.15) is 0 Å². The third-order valence-corrected chi connectivity index (χ3v) is 4.87. The quantitative estimate of drug-likeness (QED) is 0.595. The van der Waals surface area contributed by atoms with E-state index in [1.165, 1.54) is 37.7 Å². The van der Waals surface area contributed by atoms with Crippen LogP contribution in [0.15, 0.2) is 11.6 Å². The molecule has 2 atom stereocenters. The van der Waals surface area contributed by atoms with E-state index in [0.717, 1.165) is 12.3 Å². The van der Waals surface area contributed by atoms with Crippen molar-refractivity contribution in [3.63, 3.8) is 0 Å². The van der Waals surface area contributed by atoms with Crippen molar-refractivity contribution in [2.45, 2.75) is 59.3 Å². The van der Waals surface area contributed by atoms with Crippen molar-refractivity contribution in [1.82, 2.24) is 0 Å². The van der Waals surface area contributed by atoms with Crippen molar-refractivity contribution in [3.05, 3.63) is 11.6 Å². The zero-order valence-corrected chi connectivity index (χ0v) is 10.8. The van der Waals surface area contributed by atoms with Gasteiger partial charge in [0.15, 0.2) is 0 Å². The number of allylic oxidation sites excluding steroid dienone is 2. The van der Waals surface area contributed by atoms with Crippen LogP contribution < -0.4 is 0 Å². The first-order valence-electron chi connectivity index (χ1n) is 6.55. The molecular formula is C15H23N. The average molecular weight is 217 g/mol. The maximum absolute atomic E-state index is 9.13. The number of nitrogens with zero attached hydrogens (tertiary/aromatic N) is 1. The summed E-state index contributed by atoms with van der Waals surface area (Å²) >= 11 is 0. The molecule has 0 aromatic heterocycles. The zero-order valence-electron chi connectivity index (χ0n) is 10.8. The molecule has 0 unspecified atom stereocenters. The van der Waals surface area contributed by atoms with Gasteiger partial charge in [0.2, 0.25) is 0 Å². The van der Waals surface area contributed by atoms with E-state index in [2.05, 4.69) is 32.9 Å². The molecule has 16 heavy (non-hydrogen) atoms. The average Bonchev–Trinajstić information content (AvgIpc) is 2.16. The van der Waals surface area contributed by atoms with Gasteiger partial charge in [-0.2, -0.15) is 5.26 Å². The third kappa shape index (κ3) is 1.79. The Hall–Kier alpha value is -0.770. The number of rotatable bonds is 1. The van der Waals surface area contributed by atoms with Crippen LogP contribution in [0, 0.1) is 28.1 Å². The first-order valence-corrected chi connectivity index (χ1v) is 6.55. The Morgan fingerprint density at radius 3 is 2.88 bits per heavy atom. The minimum atomic E-state index is 0.207. The van der Waals surface area contributed by atoms with E-state index in [-0.39, 0.29) is 5.41 Å². The summed E-state index contributed by atoms with van der Waals surface area (Å²) in [5.41, 5.74) is 2.13. The van der Waals surface area contributed by atoms with Crippen LogP contribution >= 0.6 is 0 Å². The lowest BCUT2D eigenvalue weighted by atomic mass is 9.51. The lowest BCUT2D eigenvalue weighted by Gasteiger charge is -2.53. The molecule has 0 heterocycles. The van der Waals surface area contributed by atoms with Crippen LogP contribution in [0.1, 0.15) is 59.3 Å². The van der Waals surface area contributed by atoms with Gasteiger partial charge >= 0.3 is 0 Å². The number of hydrogen-bond acceptors (Lipinski definition) is 1. The second-order valence-electron chi connectivity index (χ2n) is 6.49. The molecule has 0 spiro atoms. The topological polar surface area (TPSA) is 23.8 Å². The fraction of sp³-hybridized carbons (Fsp3) is 0.800. The summed E-state index contributed by atoms with van der Waals surface area (Å²) in [4.78, 5) is 0. The molecule has 1 nitrogen and oxygen atoms in total. The molecule has 0 aromatic carbocycles. The van der Waals surface area contributed by atoms with Crippen molar-refractivity contribution in [2.24, 2.45) is 16.7 Å². The van der Waals surface area contributed by atoms with Crippen LogP contribution in [0.4, 0.5) is 0 Å². The molecule has 2 aliphatic carbocycles. The minimum absolute atomic E-state index is 0.207. The van der Waals surface area contributed by atoms with Crippen LogP contribution in [0.3, 0.4) is 0 Å². The van der Waals surface area contributed by atoms with Gasteiger partial charge < -0.3 is 0 Å². The standard InChI is InChI=1S/C15H23N/c1-12-5-6-13-14(2,3)7-4-8-15(13,11-12)9-10-16/h11,13H,4-9H2,1-3H3/t13-,15+/m0/s1. The SMILES string of the molecule is CC1=C[C@]2(CC#N)CCCC(C)(C)[C@@H]2CC1. The van der Waals surface area contributed by atoms with Crippen molar-refractivity contribution in [2.75, 3.05) is 0 Å². The Kier molecular flexibility index (Phi) is 2.86. The fourth-order valence-electron chi connectivity index (χ4n) is 4.20. The van der Waals surface area contributed by atoms with E-state index in [0.29, 0.717) is 5.41 Å². The lowest BCUT2D eigenvalue weighted by Crippen LogP contribution is -2.44. The molecule has 88 valence electrons. The van der Waals surface area contributed by atoms with Crippen LogP contribution in [-0.4, -0.2) is 0 Å². The molecule has 0 bridgehead atoms. The third-order valence-electron chi connectivity index (χ3n) is 4.87. The highest BCUT2D eigenvalue weighted by atomic mass is 14.5. The summed E-state index contributed by atoms with van der Waals surface area (Å²) in [6.07, 6.45) is 9.54. The fourth-order valence-corrected chi connectivity index (χ4v) is 4.20. The molecule has 1 saturated carbocycles. The highest BCUT2D eigenvalue weighted by Crippen LogP contribution is 2.57. The Balaban J connectivity index is 2.39. The summed E-state index contributed by atoms with van der Waals surface area (Å²) < 4.78 is 0. The highest BCUT2D eigenvalue weighted by molar-refractivity contribution is 5.19. The van der Waals surface area contributed by atoms with Gasteiger partial charge in [-0.05, 0) is 43.9 Å². The van der Waals surface area contributed by atoms with Crippen LogP contribution in [0.5, 0.6) is 0 Å². The number of hydrogen-bond donors (Lipinski definition) is 0. The Morgan fingerprint density at radius 1 is 1.44 bits per heavy atom. The first kappa shape index (κ1) is 11.7. The summed E-state index contributed by atoms with van der Waals surface area (Å²) in [7, 11) is 0. The largest absolute Gasteiger partial charge is 0.198 e. The lowest BCUT2D eigenvalue weighted by molar-refractivity contribution is 0.0123. The maximum atomic E-state index is 9.13. The van der Waals surface area contributed by atoms with E-state index in [1.54, 1.807) is 0 Å². The van der Waals surface area contributed by atoms with Gasteiger partial charge in [0, 0.05) is 11.8 Å². The molecule has 0 radical (unpaired) electrons. The molecule has 0 amide bonds. The monoisotopic (exact) mass is 217 g/mol. The van der Waals surface area contributed by atoms with Gasteiger partial charge in [-0.3, -0.25) is 0 Å². The van der Waals surface area contributed by atoms with E-state index >= 15 is 0 Å². The van der Waals surface area contributed by atoms with Crippen molar-refractivity contribution < 1.29 is 0 Å². The number of fused-ring (bicyclic) bond motifs is 1. The van der Waals surface area contributed by atoms with E-state index in [1.807, 2.05) is 0 Å².